The largest absolute Gasteiger partial charge is 0.508 e. The van der Waals surface area contributed by atoms with Crippen LogP contribution in [0.15, 0.2) is 18.2 Å². The number of rotatable bonds is 5. The van der Waals surface area contributed by atoms with Gasteiger partial charge < -0.3 is 15.5 Å². The molecule has 1 rings (SSSR count). The highest BCUT2D eigenvalue weighted by Crippen LogP contribution is 2.21. The van der Waals surface area contributed by atoms with Crippen LogP contribution in [0.3, 0.4) is 0 Å². The van der Waals surface area contributed by atoms with Crippen LogP contribution in [0.2, 0.25) is 0 Å². The van der Waals surface area contributed by atoms with Crippen molar-refractivity contribution in [2.24, 2.45) is 5.41 Å². The first-order valence-electron chi connectivity index (χ1n) is 6.46. The summed E-state index contributed by atoms with van der Waals surface area (Å²) in [5, 5.41) is 21.7. The van der Waals surface area contributed by atoms with E-state index in [4.69, 9.17) is 0 Å². The second kappa shape index (κ2) is 6.06. The van der Waals surface area contributed by atoms with Crippen LogP contribution in [0.1, 0.15) is 43.1 Å². The number of phenols is 1. The van der Waals surface area contributed by atoms with Crippen molar-refractivity contribution in [3.8, 4) is 5.75 Å². The molecule has 0 radical (unpaired) electrons. The number of hydrogen-bond donors (Lipinski definition) is 3. The van der Waals surface area contributed by atoms with Gasteiger partial charge in [-0.1, -0.05) is 13.8 Å². The summed E-state index contributed by atoms with van der Waals surface area (Å²) < 4.78 is 0. The predicted molar refractivity (Wildman–Crippen MR) is 75.3 cm³/mol. The average Bonchev–Trinajstić information content (AvgIpc) is 2.22. The first kappa shape index (κ1) is 15.5. The molecular formula is C15H23NO3. The third kappa shape index (κ3) is 5.30. The number of aryl methyl sites for hydroxylation is 1. The van der Waals surface area contributed by atoms with Crippen LogP contribution < -0.4 is 5.32 Å². The minimum atomic E-state index is -0.394. The Bertz CT molecular complexity index is 432. The van der Waals surface area contributed by atoms with Crippen molar-refractivity contribution >= 4 is 5.91 Å². The van der Waals surface area contributed by atoms with Gasteiger partial charge in [0.1, 0.15) is 5.75 Å². The molecule has 4 heteroatoms. The van der Waals surface area contributed by atoms with Crippen molar-refractivity contribution in [3.05, 3.63) is 29.3 Å². The van der Waals surface area contributed by atoms with E-state index in [2.05, 4.69) is 5.32 Å². The Morgan fingerprint density at radius 1 is 1.37 bits per heavy atom. The fourth-order valence-corrected chi connectivity index (χ4v) is 2.19. The number of benzene rings is 1. The highest BCUT2D eigenvalue weighted by atomic mass is 16.3. The lowest BCUT2D eigenvalue weighted by Crippen LogP contribution is -2.35. The molecule has 0 bridgehead atoms. The molecule has 0 aliphatic heterocycles. The number of amides is 1. The molecule has 0 heterocycles. The van der Waals surface area contributed by atoms with Gasteiger partial charge >= 0.3 is 0 Å². The maximum absolute atomic E-state index is 12.0. The quantitative estimate of drug-likeness (QED) is 0.764. The zero-order chi connectivity index (χ0) is 14.6. The van der Waals surface area contributed by atoms with Gasteiger partial charge in [-0.2, -0.15) is 0 Å². The number of nitrogens with one attached hydrogen (secondary N) is 1. The molecule has 0 aromatic heterocycles. The van der Waals surface area contributed by atoms with E-state index >= 15 is 0 Å². The highest BCUT2D eigenvalue weighted by molar-refractivity contribution is 5.94. The van der Waals surface area contributed by atoms with E-state index in [0.29, 0.717) is 18.5 Å². The summed E-state index contributed by atoms with van der Waals surface area (Å²) >= 11 is 0. The van der Waals surface area contributed by atoms with Gasteiger partial charge in [0.25, 0.3) is 5.91 Å². The van der Waals surface area contributed by atoms with E-state index in [0.717, 1.165) is 5.56 Å². The maximum atomic E-state index is 12.0. The molecule has 1 amide bonds. The Hall–Kier alpha value is -1.55. The summed E-state index contributed by atoms with van der Waals surface area (Å²) in [6.45, 7) is 8.03. The lowest BCUT2D eigenvalue weighted by molar-refractivity contribution is 0.0901. The molecular weight excluding hydrogens is 242 g/mol. The van der Waals surface area contributed by atoms with Gasteiger partial charge in [0.05, 0.1) is 6.10 Å². The molecule has 4 nitrogen and oxygen atoms in total. The van der Waals surface area contributed by atoms with Crippen LogP contribution >= 0.6 is 0 Å². The van der Waals surface area contributed by atoms with Gasteiger partial charge in [0.2, 0.25) is 0 Å². The number of aliphatic hydroxyl groups is 1. The van der Waals surface area contributed by atoms with Gasteiger partial charge in [0, 0.05) is 12.1 Å². The van der Waals surface area contributed by atoms with Gasteiger partial charge in [0.15, 0.2) is 0 Å². The zero-order valence-corrected chi connectivity index (χ0v) is 12.0. The van der Waals surface area contributed by atoms with E-state index in [9.17, 15) is 15.0 Å². The molecule has 3 N–H and O–H groups in total. The maximum Gasteiger partial charge on any atom is 0.251 e. The highest BCUT2D eigenvalue weighted by Gasteiger charge is 2.21. The summed E-state index contributed by atoms with van der Waals surface area (Å²) in [6.07, 6.45) is 0.224. The second-order valence-corrected chi connectivity index (χ2v) is 5.96. The van der Waals surface area contributed by atoms with Crippen LogP contribution in [0, 0.1) is 12.3 Å². The van der Waals surface area contributed by atoms with Crippen molar-refractivity contribution in [2.75, 3.05) is 6.54 Å². The Labute approximate surface area is 114 Å². The standard InChI is InChI=1S/C15H23NO3/c1-10-5-12(7-13(18)6-10)14(19)16-9-15(3,4)8-11(2)17/h5-7,11,17-18H,8-9H2,1-4H3,(H,16,19). The van der Waals surface area contributed by atoms with Crippen LogP contribution in [-0.2, 0) is 0 Å². The molecule has 106 valence electrons. The molecule has 0 spiro atoms. The van der Waals surface area contributed by atoms with Gasteiger partial charge in [-0.05, 0) is 49.4 Å². The lowest BCUT2D eigenvalue weighted by atomic mass is 9.87. The third-order valence-corrected chi connectivity index (χ3v) is 2.90. The van der Waals surface area contributed by atoms with Crippen molar-refractivity contribution < 1.29 is 15.0 Å². The van der Waals surface area contributed by atoms with Crippen LogP contribution in [0.4, 0.5) is 0 Å². The summed E-state index contributed by atoms with van der Waals surface area (Å²) in [5.74, 6) is -0.119. The third-order valence-electron chi connectivity index (χ3n) is 2.90. The number of carbonyl (C=O) groups is 1. The van der Waals surface area contributed by atoms with Crippen LogP contribution in [-0.4, -0.2) is 28.8 Å². The van der Waals surface area contributed by atoms with E-state index in [1.165, 1.54) is 6.07 Å². The van der Waals surface area contributed by atoms with Crippen molar-refractivity contribution in [1.82, 2.24) is 5.32 Å². The Morgan fingerprint density at radius 2 is 2.00 bits per heavy atom. The summed E-state index contributed by atoms with van der Waals surface area (Å²) in [5.41, 5.74) is 1.12. The monoisotopic (exact) mass is 265 g/mol. The molecule has 19 heavy (non-hydrogen) atoms. The fourth-order valence-electron chi connectivity index (χ4n) is 2.19. The number of carbonyl (C=O) groups excluding carboxylic acids is 1. The molecule has 1 atom stereocenters. The van der Waals surface area contributed by atoms with E-state index in [-0.39, 0.29) is 17.1 Å². The zero-order valence-electron chi connectivity index (χ0n) is 12.0. The molecule has 1 unspecified atom stereocenters. The minimum Gasteiger partial charge on any atom is -0.508 e. The SMILES string of the molecule is Cc1cc(O)cc(C(=O)NCC(C)(C)CC(C)O)c1. The van der Waals surface area contributed by atoms with Crippen LogP contribution in [0.25, 0.3) is 0 Å². The van der Waals surface area contributed by atoms with Crippen molar-refractivity contribution in [3.63, 3.8) is 0 Å². The Morgan fingerprint density at radius 3 is 2.53 bits per heavy atom. The lowest BCUT2D eigenvalue weighted by Gasteiger charge is -2.26. The van der Waals surface area contributed by atoms with Gasteiger partial charge in [-0.25, -0.2) is 0 Å². The molecule has 1 aromatic carbocycles. The second-order valence-electron chi connectivity index (χ2n) is 5.96. The van der Waals surface area contributed by atoms with E-state index < -0.39 is 6.10 Å². The fraction of sp³-hybridized carbons (Fsp3) is 0.533. The summed E-state index contributed by atoms with van der Waals surface area (Å²) in [4.78, 5) is 12.0. The summed E-state index contributed by atoms with van der Waals surface area (Å²) in [7, 11) is 0. The number of phenolic OH excluding ortho intramolecular Hbond substituents is 1. The average molecular weight is 265 g/mol. The van der Waals surface area contributed by atoms with Gasteiger partial charge in [-0.3, -0.25) is 4.79 Å². The Balaban J connectivity index is 2.65. The molecule has 0 aliphatic carbocycles. The Kier molecular flexibility index (Phi) is 4.95. The van der Waals surface area contributed by atoms with Crippen LogP contribution in [0.5, 0.6) is 5.75 Å². The number of aliphatic hydroxyl groups excluding tert-OH is 1. The predicted octanol–water partition coefficient (Wildman–Crippen LogP) is 2.23. The topological polar surface area (TPSA) is 69.6 Å². The smallest absolute Gasteiger partial charge is 0.251 e. The number of hydrogen-bond acceptors (Lipinski definition) is 3. The van der Waals surface area contributed by atoms with Gasteiger partial charge in [-0.15, -0.1) is 0 Å². The molecule has 0 saturated carbocycles. The first-order chi connectivity index (χ1) is 8.69. The van der Waals surface area contributed by atoms with E-state index in [1.807, 2.05) is 20.8 Å². The van der Waals surface area contributed by atoms with E-state index in [1.54, 1.807) is 19.1 Å². The molecule has 0 aliphatic rings. The normalized spacial score (nSPS) is 13.1. The summed E-state index contributed by atoms with van der Waals surface area (Å²) in [6, 6.07) is 4.79. The van der Waals surface area contributed by atoms with Crippen molar-refractivity contribution in [2.45, 2.75) is 40.2 Å². The molecule has 0 fully saturated rings. The van der Waals surface area contributed by atoms with Crippen molar-refractivity contribution in [1.29, 1.82) is 0 Å². The first-order valence-corrected chi connectivity index (χ1v) is 6.46. The molecule has 1 aromatic rings. The minimum absolute atomic E-state index is 0.0911. The molecule has 0 saturated heterocycles. The number of aromatic hydroxyl groups is 1.